The van der Waals surface area contributed by atoms with Gasteiger partial charge in [-0.1, -0.05) is 181 Å². The van der Waals surface area contributed by atoms with Gasteiger partial charge in [0.25, 0.3) is 0 Å². The molecule has 0 bridgehead atoms. The van der Waals surface area contributed by atoms with Crippen LogP contribution in [-0.4, -0.2) is 19.6 Å². The Hall–Kier alpha value is -7.82. The highest BCUT2D eigenvalue weighted by Crippen LogP contribution is 2.44. The highest BCUT2D eigenvalue weighted by atomic mass is 16.3. The summed E-state index contributed by atoms with van der Waals surface area (Å²) in [7, 11) is 0. The lowest BCUT2D eigenvalue weighted by Crippen LogP contribution is -2.03. The number of fused-ring (bicyclic) bond motifs is 1. The molecule has 0 aliphatic rings. The quantitative estimate of drug-likeness (QED) is 0.133. The Balaban J connectivity index is 1.20. The van der Waals surface area contributed by atoms with Gasteiger partial charge >= 0.3 is 0 Å². The molecule has 0 amide bonds. The van der Waals surface area contributed by atoms with E-state index in [0.29, 0.717) is 5.82 Å². The number of aromatic hydroxyl groups is 1. The summed E-state index contributed by atoms with van der Waals surface area (Å²) in [6.45, 7) is 10.9. The molecule has 328 valence electrons. The second kappa shape index (κ2) is 18.6. The van der Waals surface area contributed by atoms with E-state index in [4.69, 9.17) is 9.97 Å². The molecule has 10 rings (SSSR count). The van der Waals surface area contributed by atoms with Gasteiger partial charge in [0.15, 0.2) is 0 Å². The van der Waals surface area contributed by atoms with Crippen LogP contribution in [0, 0.1) is 0 Å². The Labute approximate surface area is 395 Å². The molecule has 0 atom stereocenters. The van der Waals surface area contributed by atoms with Gasteiger partial charge in [-0.2, -0.15) is 0 Å². The number of para-hydroxylation sites is 1. The van der Waals surface area contributed by atoms with Crippen LogP contribution in [0.5, 0.6) is 5.75 Å². The number of benzene rings is 8. The molecule has 0 saturated carbocycles. The minimum Gasteiger partial charge on any atom is -0.507 e. The van der Waals surface area contributed by atoms with Crippen molar-refractivity contribution in [2.24, 2.45) is 0 Å². The lowest BCUT2D eigenvalue weighted by atomic mass is 9.91. The predicted octanol–water partition coefficient (Wildman–Crippen LogP) is 17.0. The van der Waals surface area contributed by atoms with E-state index in [9.17, 15) is 5.11 Å². The van der Waals surface area contributed by atoms with Gasteiger partial charge < -0.3 is 5.11 Å². The molecule has 0 saturated heterocycles. The molecule has 2 aromatic heterocycles. The lowest BCUT2D eigenvalue weighted by molar-refractivity contribution is 0.466. The predicted molar refractivity (Wildman–Crippen MR) is 281 cm³/mol. The lowest BCUT2D eigenvalue weighted by Gasteiger charge is -2.20. The van der Waals surface area contributed by atoms with Crippen molar-refractivity contribution in [2.75, 3.05) is 0 Å². The summed E-state index contributed by atoms with van der Waals surface area (Å²) in [6.07, 6.45) is 3.95. The first-order chi connectivity index (χ1) is 32.7. The molecule has 1 N–H and O–H groups in total. The first-order valence-corrected chi connectivity index (χ1v) is 23.6. The Morgan fingerprint density at radius 2 is 1.09 bits per heavy atom. The highest BCUT2D eigenvalue weighted by molar-refractivity contribution is 5.98. The van der Waals surface area contributed by atoms with E-state index < -0.39 is 0 Å². The molecule has 0 radical (unpaired) electrons. The minimum absolute atomic E-state index is 0.110. The number of imidazole rings is 1. The van der Waals surface area contributed by atoms with Crippen LogP contribution in [0.2, 0.25) is 0 Å². The van der Waals surface area contributed by atoms with Gasteiger partial charge in [0, 0.05) is 22.9 Å². The molecule has 4 nitrogen and oxygen atoms in total. The molecule has 0 unspecified atom stereocenters. The van der Waals surface area contributed by atoms with Crippen LogP contribution in [0.3, 0.4) is 0 Å². The van der Waals surface area contributed by atoms with Crippen molar-refractivity contribution in [1.29, 1.82) is 0 Å². The van der Waals surface area contributed by atoms with Crippen LogP contribution >= 0.6 is 0 Å². The molecule has 2 heterocycles. The van der Waals surface area contributed by atoms with Crippen molar-refractivity contribution in [3.8, 4) is 89.7 Å². The molecule has 10 aromatic rings. The van der Waals surface area contributed by atoms with E-state index in [2.05, 4.69) is 227 Å². The van der Waals surface area contributed by atoms with Crippen molar-refractivity contribution in [3.63, 3.8) is 0 Å². The zero-order valence-electron chi connectivity index (χ0n) is 38.9. The summed E-state index contributed by atoms with van der Waals surface area (Å²) in [5, 5.41) is 12.3. The fraction of sp³-hybridized carbons (Fsp3) is 0.143. The molecule has 67 heavy (non-hydrogen) atoms. The number of nitrogens with zero attached hydrogens (tertiary/aromatic N) is 3. The minimum atomic E-state index is 0.110. The summed E-state index contributed by atoms with van der Waals surface area (Å²) in [5.74, 6) is 1.34. The van der Waals surface area contributed by atoms with Crippen molar-refractivity contribution >= 4 is 11.0 Å². The van der Waals surface area contributed by atoms with Gasteiger partial charge in [-0.05, 0) is 134 Å². The SMILES string of the molecule is CCCc1ccc(-n2c(-c3cc(C(C)C)cc(C(C)C)c3O)nc3c(-c4cc(-c5ccccc5)cc(-c5cc(-c6ccc(-c7ccccc7)cc6)ccn5)c4)cccc32)c(-c2ccccc2)c1. The molecular weight excluding hydrogens is 815 g/mol. The maximum atomic E-state index is 12.3. The van der Waals surface area contributed by atoms with Gasteiger partial charge in [0.05, 0.1) is 28.0 Å². The van der Waals surface area contributed by atoms with E-state index in [0.717, 1.165) is 96.5 Å². The van der Waals surface area contributed by atoms with Gasteiger partial charge in [-0.25, -0.2) is 4.98 Å². The average Bonchev–Trinajstić information content (AvgIpc) is 3.76. The summed E-state index contributed by atoms with van der Waals surface area (Å²) in [4.78, 5) is 10.7. The number of aromatic nitrogens is 3. The fourth-order valence-electron chi connectivity index (χ4n) is 9.43. The van der Waals surface area contributed by atoms with Gasteiger partial charge in [-0.15, -0.1) is 0 Å². The van der Waals surface area contributed by atoms with E-state index >= 15 is 0 Å². The summed E-state index contributed by atoms with van der Waals surface area (Å²) >= 11 is 0. The molecule has 0 spiro atoms. The number of aryl methyl sites for hydroxylation is 1. The van der Waals surface area contributed by atoms with Crippen LogP contribution in [0.4, 0.5) is 0 Å². The number of hydrogen-bond donors (Lipinski definition) is 1. The van der Waals surface area contributed by atoms with Gasteiger partial charge in [0.1, 0.15) is 11.6 Å². The normalized spacial score (nSPS) is 11.5. The Bertz CT molecular complexity index is 3350. The van der Waals surface area contributed by atoms with Crippen LogP contribution in [0.1, 0.15) is 69.6 Å². The van der Waals surface area contributed by atoms with Crippen molar-refractivity contribution in [3.05, 3.63) is 217 Å². The van der Waals surface area contributed by atoms with Crippen LogP contribution in [0.25, 0.3) is 95.0 Å². The van der Waals surface area contributed by atoms with Crippen LogP contribution in [-0.2, 0) is 6.42 Å². The Morgan fingerprint density at radius 1 is 0.478 bits per heavy atom. The molecule has 8 aromatic carbocycles. The van der Waals surface area contributed by atoms with E-state index in [1.54, 1.807) is 0 Å². The Morgan fingerprint density at radius 3 is 1.75 bits per heavy atom. The largest absolute Gasteiger partial charge is 0.507 e. The maximum Gasteiger partial charge on any atom is 0.149 e. The third-order valence-corrected chi connectivity index (χ3v) is 13.0. The fourth-order valence-corrected chi connectivity index (χ4v) is 9.43. The van der Waals surface area contributed by atoms with E-state index in [1.807, 2.05) is 12.3 Å². The van der Waals surface area contributed by atoms with Crippen LogP contribution < -0.4 is 0 Å². The Kier molecular flexibility index (Phi) is 12.0. The summed E-state index contributed by atoms with van der Waals surface area (Å²) < 4.78 is 2.29. The van der Waals surface area contributed by atoms with E-state index in [1.165, 1.54) is 22.3 Å². The highest BCUT2D eigenvalue weighted by Gasteiger charge is 2.25. The monoisotopic (exact) mass is 869 g/mol. The van der Waals surface area contributed by atoms with E-state index in [-0.39, 0.29) is 17.6 Å². The number of hydrogen-bond acceptors (Lipinski definition) is 3. The van der Waals surface area contributed by atoms with Crippen LogP contribution in [0.15, 0.2) is 200 Å². The molecular formula is C63H55N3O. The van der Waals surface area contributed by atoms with Gasteiger partial charge in [-0.3, -0.25) is 9.55 Å². The van der Waals surface area contributed by atoms with Crippen molar-refractivity contribution in [2.45, 2.75) is 59.3 Å². The summed E-state index contributed by atoms with van der Waals surface area (Å²) in [6, 6.07) is 69.2. The first kappa shape index (κ1) is 43.1. The second-order valence-corrected chi connectivity index (χ2v) is 18.3. The third kappa shape index (κ3) is 8.59. The van der Waals surface area contributed by atoms with Crippen molar-refractivity contribution in [1.82, 2.24) is 14.5 Å². The number of pyridine rings is 1. The van der Waals surface area contributed by atoms with Crippen molar-refractivity contribution < 1.29 is 5.11 Å². The number of rotatable bonds is 12. The zero-order chi connectivity index (χ0) is 46.0. The topological polar surface area (TPSA) is 50.9 Å². The smallest absolute Gasteiger partial charge is 0.149 e. The molecule has 0 aliphatic carbocycles. The molecule has 0 aliphatic heterocycles. The number of phenolic OH excluding ortho intramolecular Hbond substituents is 1. The first-order valence-electron chi connectivity index (χ1n) is 23.6. The second-order valence-electron chi connectivity index (χ2n) is 18.3. The number of phenols is 1. The average molecular weight is 870 g/mol. The third-order valence-electron chi connectivity index (χ3n) is 13.0. The summed E-state index contributed by atoms with van der Waals surface area (Å²) in [5.41, 5.74) is 19.9. The molecule has 4 heteroatoms. The van der Waals surface area contributed by atoms with Gasteiger partial charge in [0.2, 0.25) is 0 Å². The molecule has 0 fully saturated rings. The zero-order valence-corrected chi connectivity index (χ0v) is 38.9. The standard InChI is InChI=1S/C63H55N3O/c1-6-17-43-26-31-59(56(34-43)48-22-14-9-15-23-48)66-60-25-16-24-54(61(60)65-63(66)57-39-50(41(2)3)38-55(42(4)5)62(57)67)52-35-51(45-20-12-8-13-21-45)36-53(37-52)58-40-49(32-33-64-58)47-29-27-46(28-30-47)44-18-10-7-11-19-44/h7-16,18-42,67H,6,17H2,1-5H3. The maximum absolute atomic E-state index is 12.3.